The lowest BCUT2D eigenvalue weighted by atomic mass is 9.77. The monoisotopic (exact) mass is 828 g/mol. The molecule has 0 heterocycles. The number of carbonyl (C=O) groups excluding carboxylic acids is 1. The van der Waals surface area contributed by atoms with E-state index < -0.39 is 102 Å². The first-order valence-corrected chi connectivity index (χ1v) is 10.4. The predicted octanol–water partition coefficient (Wildman–Crippen LogP) is 9.62. The van der Waals surface area contributed by atoms with Crippen molar-refractivity contribution in [1.29, 1.82) is 0 Å². The lowest BCUT2D eigenvalue weighted by molar-refractivity contribution is -0.476. The van der Waals surface area contributed by atoms with Crippen molar-refractivity contribution < 1.29 is 146 Å². The Balaban J connectivity index is 8.13. The van der Waals surface area contributed by atoms with Gasteiger partial charge in [0.15, 0.2) is 0 Å². The highest BCUT2D eigenvalue weighted by Gasteiger charge is 3.02. The Morgan fingerprint density at radius 1 is 0.280 bits per heavy atom. The summed E-state index contributed by atoms with van der Waals surface area (Å²) in [7, 11) is -1.15. The zero-order chi connectivity index (χ0) is 41.8. The van der Waals surface area contributed by atoms with Crippen LogP contribution in [0.2, 0.25) is 0 Å². The molecule has 0 aliphatic carbocycles. The largest absolute Gasteiger partial charge is 0.466 e. The number of alkyl halides is 31. The fraction of sp³-hybridized carbons (Fsp3) is 0.941. The molecule has 0 radical (unpaired) electrons. The molecule has 0 aromatic heterocycles. The van der Waals surface area contributed by atoms with Crippen molar-refractivity contribution in [2.24, 2.45) is 0 Å². The van der Waals surface area contributed by atoms with Crippen molar-refractivity contribution >= 4 is 5.97 Å². The number of rotatable bonds is 13. The zero-order valence-electron chi connectivity index (χ0n) is 21.5. The van der Waals surface area contributed by atoms with Gasteiger partial charge in [-0.15, -0.1) is 0 Å². The average molecular weight is 828 g/mol. The molecule has 0 N–H and O–H groups in total. The van der Waals surface area contributed by atoms with Gasteiger partial charge in [-0.1, -0.05) is 0 Å². The second-order valence-electron chi connectivity index (χ2n) is 9.04. The molecule has 0 spiro atoms. The molecule has 0 fully saturated rings. The third kappa shape index (κ3) is 5.16. The quantitative estimate of drug-likeness (QED) is 0.137. The van der Waals surface area contributed by atoms with Gasteiger partial charge >= 0.3 is 95.1 Å². The van der Waals surface area contributed by atoms with E-state index in [1.54, 1.807) is 0 Å². The van der Waals surface area contributed by atoms with Gasteiger partial charge in [0.05, 0.1) is 7.11 Å². The third-order valence-corrected chi connectivity index (χ3v) is 5.99. The number of ether oxygens (including phenoxy) is 1. The molecule has 0 rings (SSSR count). The lowest BCUT2D eigenvalue weighted by Crippen LogP contribution is -2.82. The van der Waals surface area contributed by atoms with Crippen LogP contribution in [0.25, 0.3) is 0 Å². The Morgan fingerprint density at radius 2 is 0.420 bits per heavy atom. The van der Waals surface area contributed by atoms with Crippen LogP contribution in [0.4, 0.5) is 136 Å². The normalized spacial score (nSPS) is 17.8. The van der Waals surface area contributed by atoms with Gasteiger partial charge in [0, 0.05) is 0 Å². The van der Waals surface area contributed by atoms with Gasteiger partial charge in [0.25, 0.3) is 0 Å². The summed E-state index contributed by atoms with van der Waals surface area (Å²) in [4.78, 5) is 11.2. The first-order chi connectivity index (χ1) is 21.0. The van der Waals surface area contributed by atoms with Crippen molar-refractivity contribution in [3.05, 3.63) is 0 Å². The Labute approximate surface area is 249 Å². The van der Waals surface area contributed by atoms with Crippen molar-refractivity contribution in [2.75, 3.05) is 7.11 Å². The van der Waals surface area contributed by atoms with E-state index in [-0.39, 0.29) is 0 Å². The summed E-state index contributed by atoms with van der Waals surface area (Å²) >= 11 is 0. The molecule has 300 valence electrons. The summed E-state index contributed by atoms with van der Waals surface area (Å²) in [5.74, 6) is -121. The molecule has 0 aromatic carbocycles. The van der Waals surface area contributed by atoms with E-state index in [1.807, 2.05) is 0 Å². The van der Waals surface area contributed by atoms with Gasteiger partial charge in [-0.3, -0.25) is 0 Å². The van der Waals surface area contributed by atoms with Crippen LogP contribution >= 0.6 is 0 Å². The molecule has 0 amide bonds. The summed E-state index contributed by atoms with van der Waals surface area (Å²) in [6.07, 6.45) is -16.7. The molecule has 33 heteroatoms. The van der Waals surface area contributed by atoms with Crippen molar-refractivity contribution in [1.82, 2.24) is 0 Å². The second-order valence-corrected chi connectivity index (χ2v) is 9.04. The molecule has 0 bridgehead atoms. The van der Waals surface area contributed by atoms with E-state index in [2.05, 4.69) is 4.74 Å². The third-order valence-electron chi connectivity index (χ3n) is 5.99. The molecule has 0 aliphatic heterocycles. The molecule has 0 aliphatic rings. The zero-order valence-corrected chi connectivity index (χ0v) is 21.5. The number of hydrogen-bond donors (Lipinski definition) is 0. The predicted molar refractivity (Wildman–Crippen MR) is 87.3 cm³/mol. The van der Waals surface area contributed by atoms with Gasteiger partial charge in [-0.05, 0) is 0 Å². The second kappa shape index (κ2) is 11.4. The van der Waals surface area contributed by atoms with Crippen molar-refractivity contribution in [3.63, 3.8) is 0 Å². The standard InChI is InChI=1S/C17H3F31O2/c1-50-2(49)3(18,5(21,22)7(25,26)9(29,30)12(35,36)14(39,40)16(43,44)45)4(19,20)6(23,24)8(27,28)10(31,32)11(33,34)13(37,38)15(41,42)17(46,47)48/h1H3. The van der Waals surface area contributed by atoms with Crippen LogP contribution < -0.4 is 0 Å². The number of esters is 1. The highest BCUT2D eigenvalue weighted by atomic mass is 19.4. The molecular weight excluding hydrogens is 825 g/mol. The summed E-state index contributed by atoms with van der Waals surface area (Å²) in [6.45, 7) is 0. The van der Waals surface area contributed by atoms with Crippen LogP contribution in [0.3, 0.4) is 0 Å². The molecule has 1 unspecified atom stereocenters. The molecule has 50 heavy (non-hydrogen) atoms. The topological polar surface area (TPSA) is 26.3 Å². The fourth-order valence-electron chi connectivity index (χ4n) is 2.96. The number of hydrogen-bond acceptors (Lipinski definition) is 2. The highest BCUT2D eigenvalue weighted by molar-refractivity contribution is 5.83. The number of halogens is 31. The van der Waals surface area contributed by atoms with Crippen LogP contribution in [0, 0.1) is 0 Å². The summed E-state index contributed by atoms with van der Waals surface area (Å²) in [5.41, 5.74) is -9.44. The maximum absolute atomic E-state index is 14.9. The SMILES string of the molecule is COC(=O)C(F)(C(F)(F)C(F)(F)C(F)(F)C(F)(F)C(F)(F)C(F)(F)F)C(F)(F)C(F)(F)C(F)(F)C(F)(F)C(F)(F)C(F)(F)C(F)(F)C(F)(F)F. The van der Waals surface area contributed by atoms with Crippen molar-refractivity contribution in [2.45, 2.75) is 89.1 Å². The average Bonchev–Trinajstić information content (AvgIpc) is 2.89. The van der Waals surface area contributed by atoms with Crippen LogP contribution in [0.1, 0.15) is 0 Å². The maximum Gasteiger partial charge on any atom is 0.460 e. The Bertz CT molecular complexity index is 1270. The molecule has 0 saturated carbocycles. The summed E-state index contributed by atoms with van der Waals surface area (Å²) in [5, 5.41) is 0. The van der Waals surface area contributed by atoms with E-state index in [1.165, 1.54) is 0 Å². The molecule has 1 atom stereocenters. The van der Waals surface area contributed by atoms with Gasteiger partial charge in [-0.2, -0.15) is 132 Å². The summed E-state index contributed by atoms with van der Waals surface area (Å²) in [6, 6.07) is 0. The Hall–Kier alpha value is -2.70. The van der Waals surface area contributed by atoms with Gasteiger partial charge in [0.2, 0.25) is 0 Å². The Kier molecular flexibility index (Phi) is 10.8. The van der Waals surface area contributed by atoms with Crippen LogP contribution in [0.5, 0.6) is 0 Å². The van der Waals surface area contributed by atoms with E-state index in [0.29, 0.717) is 0 Å². The van der Waals surface area contributed by atoms with E-state index in [0.717, 1.165) is 0 Å². The minimum atomic E-state index is -10.0. The van der Waals surface area contributed by atoms with Gasteiger partial charge in [0.1, 0.15) is 0 Å². The van der Waals surface area contributed by atoms with Gasteiger partial charge in [-0.25, -0.2) is 9.18 Å². The molecular formula is C17H3F31O2. The van der Waals surface area contributed by atoms with Gasteiger partial charge < -0.3 is 4.74 Å². The summed E-state index contributed by atoms with van der Waals surface area (Å²) < 4.78 is 418. The number of carbonyl (C=O) groups is 1. The van der Waals surface area contributed by atoms with E-state index >= 15 is 0 Å². The van der Waals surface area contributed by atoms with Crippen molar-refractivity contribution in [3.8, 4) is 0 Å². The minimum absolute atomic E-state index is 1.15. The highest BCUT2D eigenvalue weighted by Crippen LogP contribution is 2.69. The fourth-order valence-corrected chi connectivity index (χ4v) is 2.96. The first-order valence-electron chi connectivity index (χ1n) is 10.4. The van der Waals surface area contributed by atoms with E-state index in [9.17, 15) is 141 Å². The Morgan fingerprint density at radius 3 is 0.560 bits per heavy atom. The maximum atomic E-state index is 14.9. The van der Waals surface area contributed by atoms with E-state index in [4.69, 9.17) is 0 Å². The number of methoxy groups -OCH3 is 1. The van der Waals surface area contributed by atoms with Crippen LogP contribution in [0.15, 0.2) is 0 Å². The smallest absolute Gasteiger partial charge is 0.460 e. The lowest BCUT2D eigenvalue weighted by Gasteiger charge is -2.47. The molecule has 0 saturated heterocycles. The van der Waals surface area contributed by atoms with Crippen LogP contribution in [-0.2, 0) is 9.53 Å². The van der Waals surface area contributed by atoms with Crippen LogP contribution in [-0.4, -0.2) is 102 Å². The molecule has 2 nitrogen and oxygen atoms in total. The molecule has 0 aromatic rings. The minimum Gasteiger partial charge on any atom is -0.466 e. The first kappa shape index (κ1) is 47.3.